The Morgan fingerprint density at radius 3 is 2.85 bits per heavy atom. The van der Waals surface area contributed by atoms with Crippen molar-refractivity contribution < 1.29 is 0 Å². The summed E-state index contributed by atoms with van der Waals surface area (Å²) in [7, 11) is 0. The average molecular weight is 348 g/mol. The second-order valence-corrected chi connectivity index (χ2v) is 4.99. The molecule has 0 aliphatic heterocycles. The third-order valence-corrected chi connectivity index (χ3v) is 3.38. The molecule has 0 saturated heterocycles. The number of aryl methyl sites for hydroxylation is 1. The van der Waals surface area contributed by atoms with Crippen LogP contribution in [-0.2, 0) is 0 Å². The lowest BCUT2D eigenvalue weighted by atomic mass is 10.2. The van der Waals surface area contributed by atoms with Crippen LogP contribution < -0.4 is 0 Å². The lowest BCUT2D eigenvalue weighted by molar-refractivity contribution is 1.23. The van der Waals surface area contributed by atoms with Crippen LogP contribution in [0.25, 0.3) is 10.9 Å². The first kappa shape index (κ1) is 9.40. The van der Waals surface area contributed by atoms with E-state index in [-0.39, 0.29) is 0 Å². The molecule has 0 bridgehead atoms. The zero-order chi connectivity index (χ0) is 9.42. The van der Waals surface area contributed by atoms with Crippen molar-refractivity contribution in [3.05, 3.63) is 38.0 Å². The number of fused-ring (bicyclic) bond motifs is 1. The molecular weight excluding hydrogens is 341 g/mol. The van der Waals surface area contributed by atoms with Gasteiger partial charge in [0.15, 0.2) is 0 Å². The van der Waals surface area contributed by atoms with E-state index in [1.54, 1.807) is 0 Å². The van der Waals surface area contributed by atoms with Gasteiger partial charge in [-0.1, -0.05) is 6.07 Å². The quantitative estimate of drug-likeness (QED) is 0.658. The van der Waals surface area contributed by atoms with Gasteiger partial charge in [-0.2, -0.15) is 0 Å². The van der Waals surface area contributed by atoms with Crippen molar-refractivity contribution in [3.8, 4) is 0 Å². The fraction of sp³-hybridized carbons (Fsp3) is 0.100. The van der Waals surface area contributed by atoms with Gasteiger partial charge in [-0.05, 0) is 63.6 Å². The maximum atomic E-state index is 4.48. The highest BCUT2D eigenvalue weighted by atomic mass is 127. The number of halogens is 2. The van der Waals surface area contributed by atoms with Crippen LogP contribution in [0.4, 0.5) is 0 Å². The predicted octanol–water partition coefficient (Wildman–Crippen LogP) is 3.91. The van der Waals surface area contributed by atoms with Crippen molar-refractivity contribution >= 4 is 49.4 Å². The molecule has 13 heavy (non-hydrogen) atoms. The summed E-state index contributed by atoms with van der Waals surface area (Å²) in [5.41, 5.74) is 2.10. The van der Waals surface area contributed by atoms with E-state index in [2.05, 4.69) is 67.8 Å². The van der Waals surface area contributed by atoms with E-state index in [9.17, 15) is 0 Å². The summed E-state index contributed by atoms with van der Waals surface area (Å²) in [6.45, 7) is 2.00. The Kier molecular flexibility index (Phi) is 2.55. The lowest BCUT2D eigenvalue weighted by Gasteiger charge is -2.01. The van der Waals surface area contributed by atoms with E-state index >= 15 is 0 Å². The molecule has 3 heteroatoms. The van der Waals surface area contributed by atoms with Gasteiger partial charge in [-0.15, -0.1) is 0 Å². The molecule has 1 aromatic carbocycles. The standard InChI is InChI=1S/C10H7BrIN/c1-6-9(11)4-7-2-3-8(12)5-10(7)13-6/h2-5H,1H3. The van der Waals surface area contributed by atoms with Crippen LogP contribution in [0.15, 0.2) is 28.7 Å². The molecule has 1 aromatic heterocycles. The maximum Gasteiger partial charge on any atom is 0.0716 e. The van der Waals surface area contributed by atoms with Crippen molar-refractivity contribution in [1.29, 1.82) is 0 Å². The summed E-state index contributed by atoms with van der Waals surface area (Å²) < 4.78 is 2.29. The molecule has 0 spiro atoms. The van der Waals surface area contributed by atoms with E-state index in [1.165, 1.54) is 8.96 Å². The van der Waals surface area contributed by atoms with Crippen LogP contribution in [-0.4, -0.2) is 4.98 Å². The molecule has 0 fully saturated rings. The number of rotatable bonds is 0. The molecule has 0 radical (unpaired) electrons. The van der Waals surface area contributed by atoms with Gasteiger partial charge in [0, 0.05) is 13.4 Å². The number of pyridine rings is 1. The molecule has 0 unspecified atom stereocenters. The van der Waals surface area contributed by atoms with Crippen molar-refractivity contribution in [3.63, 3.8) is 0 Å². The van der Waals surface area contributed by atoms with Gasteiger partial charge >= 0.3 is 0 Å². The summed E-state index contributed by atoms with van der Waals surface area (Å²) in [6.07, 6.45) is 0. The van der Waals surface area contributed by atoms with E-state index in [4.69, 9.17) is 0 Å². The number of nitrogens with zero attached hydrogens (tertiary/aromatic N) is 1. The van der Waals surface area contributed by atoms with Crippen molar-refractivity contribution in [2.75, 3.05) is 0 Å². The third-order valence-electron chi connectivity index (χ3n) is 1.91. The van der Waals surface area contributed by atoms with E-state index in [0.717, 1.165) is 15.7 Å². The first-order valence-corrected chi connectivity index (χ1v) is 5.76. The maximum absolute atomic E-state index is 4.48. The number of hydrogen-bond donors (Lipinski definition) is 0. The van der Waals surface area contributed by atoms with Crippen LogP contribution in [0.1, 0.15) is 5.69 Å². The van der Waals surface area contributed by atoms with Crippen LogP contribution in [0.2, 0.25) is 0 Å². The van der Waals surface area contributed by atoms with Crippen molar-refractivity contribution in [1.82, 2.24) is 4.98 Å². The normalized spacial score (nSPS) is 10.7. The van der Waals surface area contributed by atoms with Crippen LogP contribution >= 0.6 is 38.5 Å². The van der Waals surface area contributed by atoms with Crippen LogP contribution in [0, 0.1) is 10.5 Å². The van der Waals surface area contributed by atoms with Gasteiger partial charge in [0.2, 0.25) is 0 Å². The zero-order valence-corrected chi connectivity index (χ0v) is 10.8. The number of hydrogen-bond acceptors (Lipinski definition) is 1. The van der Waals surface area contributed by atoms with E-state index in [1.807, 2.05) is 6.92 Å². The molecule has 66 valence electrons. The van der Waals surface area contributed by atoms with Crippen molar-refractivity contribution in [2.24, 2.45) is 0 Å². The lowest BCUT2D eigenvalue weighted by Crippen LogP contribution is -1.85. The van der Waals surface area contributed by atoms with Crippen LogP contribution in [0.5, 0.6) is 0 Å². The Morgan fingerprint density at radius 2 is 2.08 bits per heavy atom. The molecular formula is C10H7BrIN. The van der Waals surface area contributed by atoms with Crippen molar-refractivity contribution in [2.45, 2.75) is 6.92 Å². The molecule has 1 heterocycles. The molecule has 0 N–H and O–H groups in total. The second kappa shape index (κ2) is 3.53. The summed E-state index contributed by atoms with van der Waals surface area (Å²) in [6, 6.07) is 8.38. The van der Waals surface area contributed by atoms with E-state index in [0.29, 0.717) is 0 Å². The molecule has 0 saturated carbocycles. The molecule has 2 aromatic rings. The molecule has 1 nitrogen and oxygen atoms in total. The topological polar surface area (TPSA) is 12.9 Å². The first-order valence-electron chi connectivity index (χ1n) is 3.89. The minimum atomic E-state index is 1.04. The molecule has 0 atom stereocenters. The van der Waals surface area contributed by atoms with Gasteiger partial charge < -0.3 is 0 Å². The van der Waals surface area contributed by atoms with Gasteiger partial charge in [-0.3, -0.25) is 4.98 Å². The number of aromatic nitrogens is 1. The molecule has 0 amide bonds. The number of benzene rings is 1. The van der Waals surface area contributed by atoms with Crippen LogP contribution in [0.3, 0.4) is 0 Å². The molecule has 2 rings (SSSR count). The average Bonchev–Trinajstić information content (AvgIpc) is 2.08. The van der Waals surface area contributed by atoms with E-state index < -0.39 is 0 Å². The predicted molar refractivity (Wildman–Crippen MR) is 66.9 cm³/mol. The minimum absolute atomic E-state index is 1.04. The second-order valence-electron chi connectivity index (χ2n) is 2.89. The summed E-state index contributed by atoms with van der Waals surface area (Å²) in [5, 5.41) is 1.18. The van der Waals surface area contributed by atoms with Gasteiger partial charge in [-0.25, -0.2) is 0 Å². The highest BCUT2D eigenvalue weighted by Crippen LogP contribution is 2.22. The summed E-state index contributed by atoms with van der Waals surface area (Å²) >= 11 is 5.77. The highest BCUT2D eigenvalue weighted by Gasteiger charge is 2.00. The summed E-state index contributed by atoms with van der Waals surface area (Å²) in [4.78, 5) is 4.48. The fourth-order valence-corrected chi connectivity index (χ4v) is 2.02. The smallest absolute Gasteiger partial charge is 0.0716 e. The highest BCUT2D eigenvalue weighted by molar-refractivity contribution is 14.1. The Balaban J connectivity index is 2.81. The largest absolute Gasteiger partial charge is 0.252 e. The molecule has 0 aliphatic carbocycles. The Bertz CT molecular complexity index is 468. The fourth-order valence-electron chi connectivity index (χ4n) is 1.21. The Labute approximate surface area is 98.8 Å². The molecule has 0 aliphatic rings. The van der Waals surface area contributed by atoms with Gasteiger partial charge in [0.1, 0.15) is 0 Å². The summed E-state index contributed by atoms with van der Waals surface area (Å²) in [5.74, 6) is 0. The zero-order valence-electron chi connectivity index (χ0n) is 7.01. The SMILES string of the molecule is Cc1nc2cc(I)ccc2cc1Br. The Hall–Kier alpha value is -0.160. The van der Waals surface area contributed by atoms with Gasteiger partial charge in [0.05, 0.1) is 11.2 Å². The first-order chi connectivity index (χ1) is 6.16. The third kappa shape index (κ3) is 1.86. The monoisotopic (exact) mass is 347 g/mol. The Morgan fingerprint density at radius 1 is 1.31 bits per heavy atom. The van der Waals surface area contributed by atoms with Gasteiger partial charge in [0.25, 0.3) is 0 Å². The minimum Gasteiger partial charge on any atom is -0.252 e.